The van der Waals surface area contributed by atoms with Crippen LogP contribution in [0.25, 0.3) is 0 Å². The molecule has 474 valence electrons. The number of phosphoric ester groups is 1. The molecule has 2 N–H and O–H groups in total. The van der Waals surface area contributed by atoms with Crippen LogP contribution >= 0.6 is 7.82 Å². The SMILES string of the molecule is CCCCCCCC/C=C/CCCCCCCCCCCC(=O)OC(/C=C/CCCCCCCCCCCC)C(COP(=O)(O)OCC[N+](C)(C)C)NC(=O)CCCCCCCCCCCCCCCCCCCCCCCCC. The maximum absolute atomic E-state index is 13.6. The van der Waals surface area contributed by atoms with Gasteiger partial charge in [0.15, 0.2) is 0 Å². The Morgan fingerprint density at radius 2 is 0.725 bits per heavy atom. The second-order valence-corrected chi connectivity index (χ2v) is 26.9. The number of nitrogens with one attached hydrogen (secondary N) is 1. The van der Waals surface area contributed by atoms with E-state index in [2.05, 4.69) is 38.2 Å². The van der Waals surface area contributed by atoms with Gasteiger partial charge in [0.05, 0.1) is 33.8 Å². The Hall–Kier alpha value is -1.51. The summed E-state index contributed by atoms with van der Waals surface area (Å²) in [6.07, 6.45) is 73.3. The summed E-state index contributed by atoms with van der Waals surface area (Å²) in [4.78, 5) is 37.9. The Morgan fingerprint density at radius 1 is 0.425 bits per heavy atom. The molecule has 0 saturated carbocycles. The molecule has 3 atom stereocenters. The summed E-state index contributed by atoms with van der Waals surface area (Å²) in [6.45, 7) is 7.07. The van der Waals surface area contributed by atoms with E-state index in [1.54, 1.807) is 0 Å². The van der Waals surface area contributed by atoms with Crippen molar-refractivity contribution >= 4 is 19.7 Å². The van der Waals surface area contributed by atoms with Crippen molar-refractivity contribution in [1.29, 1.82) is 0 Å². The minimum Gasteiger partial charge on any atom is -0.456 e. The number of carbonyl (C=O) groups is 2. The highest BCUT2D eigenvalue weighted by Gasteiger charge is 2.30. The van der Waals surface area contributed by atoms with E-state index in [1.165, 1.54) is 270 Å². The number of hydrogen-bond donors (Lipinski definition) is 2. The van der Waals surface area contributed by atoms with Crippen LogP contribution in [0.3, 0.4) is 0 Å². The van der Waals surface area contributed by atoms with Crippen molar-refractivity contribution in [3.05, 3.63) is 24.3 Å². The van der Waals surface area contributed by atoms with E-state index in [0.29, 0.717) is 23.9 Å². The van der Waals surface area contributed by atoms with Gasteiger partial charge >= 0.3 is 13.8 Å². The van der Waals surface area contributed by atoms with Crippen molar-refractivity contribution in [3.63, 3.8) is 0 Å². The first-order valence-corrected chi connectivity index (χ1v) is 36.7. The van der Waals surface area contributed by atoms with Gasteiger partial charge in [-0.1, -0.05) is 315 Å². The molecule has 0 aliphatic rings. The number of ether oxygens (including phenoxy) is 1. The molecule has 0 saturated heterocycles. The minimum atomic E-state index is -4.45. The first kappa shape index (κ1) is 78.5. The molecule has 0 heterocycles. The maximum Gasteiger partial charge on any atom is 0.472 e. The number of unbranched alkanes of at least 4 members (excludes halogenated alkanes) is 47. The molecule has 10 heteroatoms. The minimum absolute atomic E-state index is 0.0439. The van der Waals surface area contributed by atoms with Crippen LogP contribution in [0.4, 0.5) is 0 Å². The number of amides is 1. The second kappa shape index (κ2) is 60.6. The molecule has 0 aromatic heterocycles. The normalized spacial score (nSPS) is 13.6. The van der Waals surface area contributed by atoms with Gasteiger partial charge in [0.1, 0.15) is 19.3 Å². The van der Waals surface area contributed by atoms with Gasteiger partial charge in [-0.3, -0.25) is 18.6 Å². The number of nitrogens with zero attached hydrogens (tertiary/aromatic N) is 1. The number of carbonyl (C=O) groups excluding carboxylic acids is 2. The summed E-state index contributed by atoms with van der Waals surface area (Å²) >= 11 is 0. The Bertz CT molecular complexity index is 1420. The van der Waals surface area contributed by atoms with Crippen LogP contribution < -0.4 is 5.32 Å². The molecule has 0 bridgehead atoms. The average molecular weight is 1150 g/mol. The molecule has 0 spiro atoms. The van der Waals surface area contributed by atoms with Gasteiger partial charge in [-0.15, -0.1) is 0 Å². The number of rotatable bonds is 65. The summed E-state index contributed by atoms with van der Waals surface area (Å²) in [5.74, 6) is -0.486. The van der Waals surface area contributed by atoms with E-state index in [1.807, 2.05) is 33.3 Å². The van der Waals surface area contributed by atoms with E-state index < -0.39 is 20.0 Å². The van der Waals surface area contributed by atoms with Crippen LogP contribution in [0, 0.1) is 0 Å². The topological polar surface area (TPSA) is 111 Å². The summed E-state index contributed by atoms with van der Waals surface area (Å²) in [5.41, 5.74) is 0. The predicted molar refractivity (Wildman–Crippen MR) is 346 cm³/mol. The average Bonchev–Trinajstić information content (AvgIpc) is 3.43. The fourth-order valence-electron chi connectivity index (χ4n) is 10.7. The summed E-state index contributed by atoms with van der Waals surface area (Å²) in [5, 5.41) is 3.08. The molecule has 0 fully saturated rings. The molecule has 0 aromatic carbocycles. The van der Waals surface area contributed by atoms with Gasteiger partial charge in [-0.25, -0.2) is 4.57 Å². The fourth-order valence-corrected chi connectivity index (χ4v) is 11.4. The van der Waals surface area contributed by atoms with Crippen molar-refractivity contribution < 1.29 is 37.3 Å². The number of likely N-dealkylation sites (N-methyl/N-ethyl adjacent to an activating group) is 1. The lowest BCUT2D eigenvalue weighted by Crippen LogP contribution is -2.47. The van der Waals surface area contributed by atoms with Gasteiger partial charge < -0.3 is 19.4 Å². The van der Waals surface area contributed by atoms with Crippen LogP contribution in [-0.4, -0.2) is 74.3 Å². The van der Waals surface area contributed by atoms with E-state index in [9.17, 15) is 19.0 Å². The maximum atomic E-state index is 13.6. The van der Waals surface area contributed by atoms with Gasteiger partial charge in [-0.2, -0.15) is 0 Å². The van der Waals surface area contributed by atoms with Crippen molar-refractivity contribution in [3.8, 4) is 0 Å². The van der Waals surface area contributed by atoms with Crippen LogP contribution in [0.2, 0.25) is 0 Å². The zero-order valence-corrected chi connectivity index (χ0v) is 55.2. The third-order valence-corrected chi connectivity index (χ3v) is 17.1. The summed E-state index contributed by atoms with van der Waals surface area (Å²) < 4.78 is 30.8. The summed E-state index contributed by atoms with van der Waals surface area (Å²) in [6, 6.07) is -0.844. The Morgan fingerprint density at radius 3 is 1.06 bits per heavy atom. The van der Waals surface area contributed by atoms with Crippen LogP contribution in [0.15, 0.2) is 24.3 Å². The first-order chi connectivity index (χ1) is 38.9. The monoisotopic (exact) mass is 1150 g/mol. The van der Waals surface area contributed by atoms with E-state index in [4.69, 9.17) is 13.8 Å². The van der Waals surface area contributed by atoms with Crippen LogP contribution in [0.1, 0.15) is 361 Å². The molecule has 0 aromatic rings. The van der Waals surface area contributed by atoms with Crippen molar-refractivity contribution in [2.45, 2.75) is 373 Å². The van der Waals surface area contributed by atoms with Gasteiger partial charge in [0.2, 0.25) is 5.91 Å². The third-order valence-electron chi connectivity index (χ3n) is 16.1. The molecular formula is C70H138N2O7P+. The lowest BCUT2D eigenvalue weighted by Gasteiger charge is -2.27. The molecule has 80 heavy (non-hydrogen) atoms. The van der Waals surface area contributed by atoms with Crippen molar-refractivity contribution in [2.24, 2.45) is 0 Å². The van der Waals surface area contributed by atoms with Gasteiger partial charge in [0.25, 0.3) is 0 Å². The largest absolute Gasteiger partial charge is 0.472 e. The van der Waals surface area contributed by atoms with Gasteiger partial charge in [0, 0.05) is 12.8 Å². The van der Waals surface area contributed by atoms with Crippen molar-refractivity contribution in [2.75, 3.05) is 40.9 Å². The van der Waals surface area contributed by atoms with Crippen molar-refractivity contribution in [1.82, 2.24) is 5.32 Å². The Kier molecular flexibility index (Phi) is 59.5. The number of quaternary nitrogens is 1. The highest BCUT2D eigenvalue weighted by molar-refractivity contribution is 7.47. The number of hydrogen-bond acceptors (Lipinski definition) is 6. The Labute approximate surface area is 498 Å². The Balaban J connectivity index is 5.06. The highest BCUT2D eigenvalue weighted by Crippen LogP contribution is 2.43. The molecule has 1 amide bonds. The van der Waals surface area contributed by atoms with E-state index in [-0.39, 0.29) is 25.1 Å². The van der Waals surface area contributed by atoms with Crippen LogP contribution in [0.5, 0.6) is 0 Å². The quantitative estimate of drug-likeness (QED) is 0.0205. The van der Waals surface area contributed by atoms with E-state index >= 15 is 0 Å². The molecule has 0 aliphatic heterocycles. The fraction of sp³-hybridized carbons (Fsp3) is 0.914. The molecule has 9 nitrogen and oxygen atoms in total. The first-order valence-electron chi connectivity index (χ1n) is 35.2. The molecule has 0 aliphatic carbocycles. The third kappa shape index (κ3) is 61.1. The molecule has 0 radical (unpaired) electrons. The number of esters is 1. The second-order valence-electron chi connectivity index (χ2n) is 25.4. The zero-order chi connectivity index (χ0) is 58.6. The number of allylic oxidation sites excluding steroid dienone is 3. The highest BCUT2D eigenvalue weighted by atomic mass is 31.2. The van der Waals surface area contributed by atoms with E-state index in [0.717, 1.165) is 57.8 Å². The molecule has 3 unspecified atom stereocenters. The number of phosphoric acid groups is 1. The van der Waals surface area contributed by atoms with Crippen LogP contribution in [-0.2, 0) is 27.9 Å². The lowest BCUT2D eigenvalue weighted by molar-refractivity contribution is -0.870. The smallest absolute Gasteiger partial charge is 0.456 e. The summed E-state index contributed by atoms with van der Waals surface area (Å²) in [7, 11) is 1.52. The zero-order valence-electron chi connectivity index (χ0n) is 54.4. The molecular weight excluding hydrogens is 1010 g/mol. The van der Waals surface area contributed by atoms with Gasteiger partial charge in [-0.05, 0) is 57.4 Å². The lowest BCUT2D eigenvalue weighted by atomic mass is 10.0. The standard InChI is InChI=1S/C70H137N2O7P/c1-7-10-13-16-19-22-25-28-30-32-34-35-36-37-39-40-42-44-47-50-53-56-59-62-69(73)71-67(66-78-80(75,76)77-65-64-72(4,5)6)68(61-58-55-52-49-46-27-24-21-18-15-12-9-3)79-70(74)63-60-57-54-51-48-45-43-41-38-33-31-29-26-23-20-17-14-11-8-2/h29,31,58,61,67-68H,7-28,30,32-57,59-60,62-66H2,1-6H3,(H-,71,73,75,76)/p+1/b31-29+,61-58+. The molecule has 0 rings (SSSR count). The predicted octanol–water partition coefficient (Wildman–Crippen LogP) is 22.1.